The number of sulfone groups is 1. The van der Waals surface area contributed by atoms with E-state index in [2.05, 4.69) is 0 Å². The highest BCUT2D eigenvalue weighted by atomic mass is 35.5. The van der Waals surface area contributed by atoms with Crippen LogP contribution in [0.3, 0.4) is 0 Å². The smallest absolute Gasteiger partial charge is 0.335 e. The molecule has 0 saturated carbocycles. The molecule has 2 aliphatic rings. The zero-order valence-electron chi connectivity index (χ0n) is 14.4. The largest absolute Gasteiger partial charge is 0.463 e. The number of carbonyl (C=O) groups is 1. The Morgan fingerprint density at radius 2 is 1.92 bits per heavy atom. The molecule has 1 saturated heterocycles. The number of carbonyl (C=O) groups excluding carboxylic acids is 1. The van der Waals surface area contributed by atoms with Crippen LogP contribution < -0.4 is 0 Å². The zero-order valence-corrected chi connectivity index (χ0v) is 16.0. The Bertz CT molecular complexity index is 793. The molecule has 26 heavy (non-hydrogen) atoms. The second-order valence-electron chi connectivity index (χ2n) is 6.29. The summed E-state index contributed by atoms with van der Waals surface area (Å²) in [5.74, 6) is -1.84. The van der Waals surface area contributed by atoms with Gasteiger partial charge in [0, 0.05) is 11.4 Å². The summed E-state index contributed by atoms with van der Waals surface area (Å²) in [4.78, 5) is 12.4. The molecular weight excluding hydrogens is 380 g/mol. The highest BCUT2D eigenvalue weighted by Crippen LogP contribution is 2.38. The lowest BCUT2D eigenvalue weighted by Gasteiger charge is -2.33. The maximum absolute atomic E-state index is 13.0. The Kier molecular flexibility index (Phi) is 5.72. The summed E-state index contributed by atoms with van der Waals surface area (Å²) in [6.45, 7) is 2.66. The summed E-state index contributed by atoms with van der Waals surface area (Å²) in [5.41, 5.74) is 0.709. The lowest BCUT2D eigenvalue weighted by atomic mass is 9.94. The Labute approximate surface area is 158 Å². The summed E-state index contributed by atoms with van der Waals surface area (Å²) in [6, 6.07) is 6.62. The van der Waals surface area contributed by atoms with E-state index in [0.717, 1.165) is 0 Å². The number of halogens is 1. The molecule has 0 N–H and O–H groups in total. The van der Waals surface area contributed by atoms with E-state index in [9.17, 15) is 13.2 Å². The minimum Gasteiger partial charge on any atom is -0.463 e. The molecule has 142 valence electrons. The maximum Gasteiger partial charge on any atom is 0.335 e. The van der Waals surface area contributed by atoms with Crippen molar-refractivity contribution in [3.63, 3.8) is 0 Å². The topological polar surface area (TPSA) is 78.9 Å². The molecule has 8 heteroatoms. The Hall–Kier alpha value is -1.41. The number of hydrogen-bond acceptors (Lipinski definition) is 6. The van der Waals surface area contributed by atoms with Crippen molar-refractivity contribution in [3.05, 3.63) is 46.5 Å². The van der Waals surface area contributed by atoms with E-state index < -0.39 is 26.8 Å². The van der Waals surface area contributed by atoms with Gasteiger partial charge >= 0.3 is 5.97 Å². The molecule has 1 aromatic carbocycles. The highest BCUT2D eigenvalue weighted by molar-refractivity contribution is 7.91. The fraction of sp³-hybridized carbons (Fsp3) is 0.500. The predicted molar refractivity (Wildman–Crippen MR) is 96.4 cm³/mol. The molecule has 0 radical (unpaired) electrons. The van der Waals surface area contributed by atoms with Crippen LogP contribution in [0.2, 0.25) is 5.02 Å². The first kappa shape index (κ1) is 19.4. The zero-order chi connectivity index (χ0) is 18.8. The van der Waals surface area contributed by atoms with Crippen LogP contribution in [0.5, 0.6) is 0 Å². The van der Waals surface area contributed by atoms with Gasteiger partial charge in [-0.2, -0.15) is 0 Å². The number of hydrogen-bond donors (Lipinski definition) is 0. The molecule has 1 aliphatic heterocycles. The van der Waals surface area contributed by atoms with Crippen molar-refractivity contribution in [2.24, 2.45) is 0 Å². The second-order valence-corrected chi connectivity index (χ2v) is 8.91. The third-order valence-corrected chi connectivity index (χ3v) is 6.82. The summed E-state index contributed by atoms with van der Waals surface area (Å²) in [5, 5.41) is -0.413. The fourth-order valence-electron chi connectivity index (χ4n) is 3.28. The van der Waals surface area contributed by atoms with E-state index in [0.29, 0.717) is 30.2 Å². The van der Waals surface area contributed by atoms with Crippen LogP contribution in [0.15, 0.2) is 35.9 Å². The second kappa shape index (κ2) is 7.68. The Balaban J connectivity index is 1.90. The molecule has 1 heterocycles. The SMILES string of the molecule is CCOC(=O)C1=CC2(CCC1S(=O)(=O)Cc1ccc(Cl)cc1)OCCO2. The third kappa shape index (κ3) is 4.11. The van der Waals surface area contributed by atoms with Crippen molar-refractivity contribution in [2.75, 3.05) is 19.8 Å². The lowest BCUT2D eigenvalue weighted by Crippen LogP contribution is -2.40. The molecule has 1 aromatic rings. The molecular formula is C18H21ClO6S. The summed E-state index contributed by atoms with van der Waals surface area (Å²) < 4.78 is 42.3. The molecule has 1 aliphatic carbocycles. The first-order valence-corrected chi connectivity index (χ1v) is 10.6. The van der Waals surface area contributed by atoms with Crippen LogP contribution in [-0.2, 0) is 34.6 Å². The van der Waals surface area contributed by atoms with Crippen molar-refractivity contribution in [3.8, 4) is 0 Å². The van der Waals surface area contributed by atoms with Crippen molar-refractivity contribution in [1.82, 2.24) is 0 Å². The predicted octanol–water partition coefficient (Wildman–Crippen LogP) is 2.65. The molecule has 6 nitrogen and oxygen atoms in total. The van der Waals surface area contributed by atoms with Crippen LogP contribution in [0, 0.1) is 0 Å². The van der Waals surface area contributed by atoms with E-state index in [1.165, 1.54) is 6.08 Å². The minimum atomic E-state index is -3.63. The van der Waals surface area contributed by atoms with Gasteiger partial charge in [-0.25, -0.2) is 13.2 Å². The van der Waals surface area contributed by atoms with Gasteiger partial charge in [-0.15, -0.1) is 0 Å². The quantitative estimate of drug-likeness (QED) is 0.707. The minimum absolute atomic E-state index is 0.0916. The standard InChI is InChI=1S/C18H21ClO6S/c1-2-23-17(20)15-11-18(24-9-10-25-18)8-7-16(15)26(21,22)12-13-3-5-14(19)6-4-13/h3-6,11,16H,2,7-10,12H2,1H3. The number of rotatable bonds is 5. The van der Waals surface area contributed by atoms with Gasteiger partial charge in [0.25, 0.3) is 0 Å². The van der Waals surface area contributed by atoms with Gasteiger partial charge in [-0.05, 0) is 37.1 Å². The summed E-state index contributed by atoms with van der Waals surface area (Å²) in [7, 11) is -3.63. The van der Waals surface area contributed by atoms with Gasteiger partial charge in [-0.1, -0.05) is 23.7 Å². The lowest BCUT2D eigenvalue weighted by molar-refractivity contribution is -0.143. The molecule has 1 unspecified atom stereocenters. The van der Waals surface area contributed by atoms with Crippen LogP contribution >= 0.6 is 11.6 Å². The van der Waals surface area contributed by atoms with E-state index in [1.807, 2.05) is 0 Å². The van der Waals surface area contributed by atoms with Gasteiger partial charge in [0.2, 0.25) is 0 Å². The molecule has 0 amide bonds. The normalized spacial score (nSPS) is 22.2. The summed E-state index contributed by atoms with van der Waals surface area (Å²) in [6.07, 6.45) is 2.10. The van der Waals surface area contributed by atoms with Crippen molar-refractivity contribution < 1.29 is 27.4 Å². The van der Waals surface area contributed by atoms with Crippen LogP contribution in [0.4, 0.5) is 0 Å². The number of ether oxygens (including phenoxy) is 3. The highest BCUT2D eigenvalue weighted by Gasteiger charge is 2.45. The van der Waals surface area contributed by atoms with Gasteiger partial charge in [0.1, 0.15) is 0 Å². The molecule has 1 atom stereocenters. The van der Waals surface area contributed by atoms with Crippen LogP contribution in [0.1, 0.15) is 25.3 Å². The van der Waals surface area contributed by atoms with E-state index in [4.69, 9.17) is 25.8 Å². The Morgan fingerprint density at radius 1 is 1.27 bits per heavy atom. The van der Waals surface area contributed by atoms with Gasteiger partial charge in [0.15, 0.2) is 15.6 Å². The third-order valence-electron chi connectivity index (χ3n) is 4.48. The number of benzene rings is 1. The van der Waals surface area contributed by atoms with Gasteiger partial charge < -0.3 is 14.2 Å². The first-order chi connectivity index (χ1) is 12.4. The maximum atomic E-state index is 13.0. The average Bonchev–Trinajstić information content (AvgIpc) is 3.04. The van der Waals surface area contributed by atoms with Gasteiger partial charge in [-0.3, -0.25) is 0 Å². The van der Waals surface area contributed by atoms with Crippen molar-refractivity contribution in [1.29, 1.82) is 0 Å². The molecule has 0 aromatic heterocycles. The van der Waals surface area contributed by atoms with Crippen LogP contribution in [0.25, 0.3) is 0 Å². The van der Waals surface area contributed by atoms with E-state index >= 15 is 0 Å². The monoisotopic (exact) mass is 400 g/mol. The summed E-state index contributed by atoms with van der Waals surface area (Å²) >= 11 is 5.85. The number of esters is 1. The van der Waals surface area contributed by atoms with Crippen LogP contribution in [-0.4, -0.2) is 45.2 Å². The van der Waals surface area contributed by atoms with Gasteiger partial charge in [0.05, 0.1) is 36.4 Å². The molecule has 3 rings (SSSR count). The first-order valence-electron chi connectivity index (χ1n) is 8.49. The fourth-order valence-corrected chi connectivity index (χ4v) is 5.29. The Morgan fingerprint density at radius 3 is 2.54 bits per heavy atom. The molecule has 1 fully saturated rings. The van der Waals surface area contributed by atoms with E-state index in [1.54, 1.807) is 31.2 Å². The average molecular weight is 401 g/mol. The molecule has 1 spiro atoms. The van der Waals surface area contributed by atoms with E-state index in [-0.39, 0.29) is 24.4 Å². The molecule has 0 bridgehead atoms. The van der Waals surface area contributed by atoms with Crippen molar-refractivity contribution >= 4 is 27.4 Å². The van der Waals surface area contributed by atoms with Crippen molar-refractivity contribution in [2.45, 2.75) is 36.6 Å².